The minimum Gasteiger partial charge on any atom is -0.393 e. The molecule has 1 N–H and O–H groups in total. The summed E-state index contributed by atoms with van der Waals surface area (Å²) in [7, 11) is 0. The van der Waals surface area contributed by atoms with Crippen molar-refractivity contribution in [1.29, 1.82) is 0 Å². The molecule has 2 rings (SSSR count). The summed E-state index contributed by atoms with van der Waals surface area (Å²) >= 11 is 1.44. The molecule has 0 bridgehead atoms. The lowest BCUT2D eigenvalue weighted by Gasteiger charge is -2.18. The Morgan fingerprint density at radius 2 is 2.18 bits per heavy atom. The largest absolute Gasteiger partial charge is 0.416 e. The summed E-state index contributed by atoms with van der Waals surface area (Å²) in [5.74, 6) is 0.417. The summed E-state index contributed by atoms with van der Waals surface area (Å²) in [6, 6.07) is 4.29. The molecule has 5 heteroatoms. The van der Waals surface area contributed by atoms with E-state index >= 15 is 0 Å². The van der Waals surface area contributed by atoms with Gasteiger partial charge in [-0.1, -0.05) is 6.07 Å². The van der Waals surface area contributed by atoms with Gasteiger partial charge in [0.25, 0.3) is 0 Å². The molecular weight excluding hydrogens is 249 g/mol. The fourth-order valence-electron chi connectivity index (χ4n) is 2.21. The second-order valence-corrected chi connectivity index (χ2v) is 5.37. The molecule has 1 aliphatic rings. The van der Waals surface area contributed by atoms with Crippen LogP contribution in [0.3, 0.4) is 0 Å². The number of rotatable bonds is 2. The van der Waals surface area contributed by atoms with Crippen LogP contribution in [0.4, 0.5) is 13.2 Å². The van der Waals surface area contributed by atoms with Crippen LogP contribution >= 0.6 is 11.8 Å². The smallest absolute Gasteiger partial charge is 0.393 e. The average Bonchev–Trinajstić information content (AvgIpc) is 2.59. The topological polar surface area (TPSA) is 20.2 Å². The van der Waals surface area contributed by atoms with E-state index in [1.807, 2.05) is 0 Å². The first-order valence-electron chi connectivity index (χ1n) is 5.40. The number of hydrogen-bond acceptors (Lipinski definition) is 2. The van der Waals surface area contributed by atoms with Crippen LogP contribution in [-0.4, -0.2) is 17.0 Å². The average molecular weight is 262 g/mol. The third-order valence-corrected chi connectivity index (χ3v) is 4.08. The molecule has 1 heterocycles. The Bertz CT molecular complexity index is 415. The Hall–Kier alpha value is -0.680. The van der Waals surface area contributed by atoms with Crippen LogP contribution in [0, 0.1) is 0 Å². The van der Waals surface area contributed by atoms with E-state index in [9.17, 15) is 18.3 Å². The quantitative estimate of drug-likeness (QED) is 0.877. The van der Waals surface area contributed by atoms with Crippen molar-refractivity contribution in [3.8, 4) is 0 Å². The maximum Gasteiger partial charge on any atom is 0.416 e. The third-order valence-electron chi connectivity index (χ3n) is 2.85. The van der Waals surface area contributed by atoms with E-state index in [1.165, 1.54) is 17.8 Å². The zero-order chi connectivity index (χ0) is 12.6. The van der Waals surface area contributed by atoms with Crippen molar-refractivity contribution in [2.75, 3.05) is 5.75 Å². The van der Waals surface area contributed by atoms with E-state index in [0.717, 1.165) is 6.07 Å². The van der Waals surface area contributed by atoms with Crippen molar-refractivity contribution < 1.29 is 18.3 Å². The second kappa shape index (κ2) is 4.53. The van der Waals surface area contributed by atoms with E-state index < -0.39 is 17.8 Å². The van der Waals surface area contributed by atoms with Crippen LogP contribution in [0.25, 0.3) is 0 Å². The summed E-state index contributed by atoms with van der Waals surface area (Å²) in [4.78, 5) is 0.700. The van der Waals surface area contributed by atoms with Crippen molar-refractivity contribution >= 4 is 11.8 Å². The van der Waals surface area contributed by atoms with Gasteiger partial charge in [-0.2, -0.15) is 13.2 Å². The molecule has 1 aromatic rings. The minimum absolute atomic E-state index is 0.201. The molecule has 1 nitrogen and oxygen atoms in total. The number of benzene rings is 1. The first-order chi connectivity index (χ1) is 7.89. The number of halogens is 3. The number of aliphatic hydroxyl groups is 1. The normalized spacial score (nSPS) is 21.4. The number of alkyl halides is 3. The number of thioether (sulfide) groups is 1. The van der Waals surface area contributed by atoms with Crippen LogP contribution in [-0.2, 0) is 6.18 Å². The second-order valence-electron chi connectivity index (χ2n) is 4.31. The molecule has 0 saturated heterocycles. The van der Waals surface area contributed by atoms with Gasteiger partial charge in [-0.15, -0.1) is 11.8 Å². The molecule has 1 aromatic carbocycles. The molecule has 1 aliphatic heterocycles. The minimum atomic E-state index is -4.31. The molecule has 0 aliphatic carbocycles. The lowest BCUT2D eigenvalue weighted by atomic mass is 9.91. The lowest BCUT2D eigenvalue weighted by Crippen LogP contribution is -2.14. The molecule has 94 valence electrons. The summed E-state index contributed by atoms with van der Waals surface area (Å²) in [5.41, 5.74) is -0.184. The number of fused-ring (bicyclic) bond motifs is 1. The van der Waals surface area contributed by atoms with Crippen molar-refractivity contribution in [1.82, 2.24) is 0 Å². The fourth-order valence-corrected chi connectivity index (χ4v) is 3.50. The third kappa shape index (κ3) is 2.60. The fraction of sp³-hybridized carbons (Fsp3) is 0.500. The highest BCUT2D eigenvalue weighted by atomic mass is 32.2. The molecule has 0 fully saturated rings. The monoisotopic (exact) mass is 262 g/mol. The van der Waals surface area contributed by atoms with Crippen LogP contribution in [0.2, 0.25) is 0 Å². The lowest BCUT2D eigenvalue weighted by molar-refractivity contribution is -0.138. The highest BCUT2D eigenvalue weighted by molar-refractivity contribution is 7.99. The van der Waals surface area contributed by atoms with Crippen molar-refractivity contribution in [2.24, 2.45) is 0 Å². The Labute approximate surface area is 102 Å². The predicted octanol–water partition coefficient (Wildman–Crippen LogP) is 3.67. The van der Waals surface area contributed by atoms with Gasteiger partial charge in [-0.05, 0) is 37.0 Å². The Kier molecular flexibility index (Phi) is 3.41. The van der Waals surface area contributed by atoms with Crippen molar-refractivity contribution in [3.05, 3.63) is 29.3 Å². The summed E-state index contributed by atoms with van der Waals surface area (Å²) in [6.45, 7) is 1.61. The molecule has 2 atom stereocenters. The maximum atomic E-state index is 12.9. The molecular formula is C12H13F3OS. The van der Waals surface area contributed by atoms with Crippen LogP contribution in [0.15, 0.2) is 23.1 Å². The van der Waals surface area contributed by atoms with Gasteiger partial charge in [0.1, 0.15) is 0 Å². The Morgan fingerprint density at radius 1 is 1.47 bits per heavy atom. The maximum absolute atomic E-state index is 12.9. The molecule has 0 saturated carbocycles. The zero-order valence-corrected chi connectivity index (χ0v) is 10.1. The molecule has 0 aromatic heterocycles. The van der Waals surface area contributed by atoms with Gasteiger partial charge in [0.05, 0.1) is 11.7 Å². The summed E-state index contributed by atoms with van der Waals surface area (Å²) < 4.78 is 38.6. The van der Waals surface area contributed by atoms with E-state index in [-0.39, 0.29) is 5.92 Å². The van der Waals surface area contributed by atoms with Gasteiger partial charge >= 0.3 is 6.18 Å². The van der Waals surface area contributed by atoms with Crippen molar-refractivity contribution in [2.45, 2.75) is 36.4 Å². The van der Waals surface area contributed by atoms with E-state index in [0.29, 0.717) is 22.6 Å². The first kappa shape index (κ1) is 12.8. The molecule has 2 unspecified atom stereocenters. The Morgan fingerprint density at radius 3 is 2.76 bits per heavy atom. The number of aliphatic hydroxyl groups excluding tert-OH is 1. The highest BCUT2D eigenvalue weighted by Gasteiger charge is 2.38. The van der Waals surface area contributed by atoms with Gasteiger partial charge in [-0.25, -0.2) is 0 Å². The summed E-state index contributed by atoms with van der Waals surface area (Å²) in [6.07, 6.45) is -4.51. The van der Waals surface area contributed by atoms with Crippen molar-refractivity contribution in [3.63, 3.8) is 0 Å². The van der Waals surface area contributed by atoms with E-state index in [1.54, 1.807) is 13.0 Å². The van der Waals surface area contributed by atoms with Crippen LogP contribution < -0.4 is 0 Å². The first-order valence-corrected chi connectivity index (χ1v) is 6.39. The number of hydrogen-bond donors (Lipinski definition) is 1. The predicted molar refractivity (Wildman–Crippen MR) is 61.2 cm³/mol. The SMILES string of the molecule is CC(O)CC1CSc2cccc(C(F)(F)F)c21. The van der Waals surface area contributed by atoms with Crippen LogP contribution in [0.5, 0.6) is 0 Å². The summed E-state index contributed by atoms with van der Waals surface area (Å²) in [5, 5.41) is 9.34. The zero-order valence-electron chi connectivity index (χ0n) is 9.29. The van der Waals surface area contributed by atoms with E-state index in [2.05, 4.69) is 0 Å². The van der Waals surface area contributed by atoms with E-state index in [4.69, 9.17) is 0 Å². The molecule has 0 radical (unpaired) electrons. The molecule has 0 amide bonds. The Balaban J connectivity index is 2.42. The van der Waals surface area contributed by atoms with Gasteiger partial charge in [0, 0.05) is 10.6 Å². The van der Waals surface area contributed by atoms with Gasteiger partial charge in [0.15, 0.2) is 0 Å². The standard InChI is InChI=1S/C12H13F3OS/c1-7(16)5-8-6-17-10-4-2-3-9(11(8)10)12(13,14)15/h2-4,7-8,16H,5-6H2,1H3. The molecule has 17 heavy (non-hydrogen) atoms. The molecule has 0 spiro atoms. The van der Waals surface area contributed by atoms with Gasteiger partial charge < -0.3 is 5.11 Å². The van der Waals surface area contributed by atoms with Gasteiger partial charge in [0.2, 0.25) is 0 Å². The van der Waals surface area contributed by atoms with Crippen LogP contribution in [0.1, 0.15) is 30.4 Å². The highest BCUT2D eigenvalue weighted by Crippen LogP contribution is 2.47. The van der Waals surface area contributed by atoms with Gasteiger partial charge in [-0.3, -0.25) is 0 Å².